The second-order valence-electron chi connectivity index (χ2n) is 9.18. The summed E-state index contributed by atoms with van der Waals surface area (Å²) in [5, 5.41) is 2.85. The molecule has 9 nitrogen and oxygen atoms in total. The number of aromatic nitrogens is 5. The molecule has 6 rings (SSSR count). The highest BCUT2D eigenvalue weighted by Gasteiger charge is 2.19. The summed E-state index contributed by atoms with van der Waals surface area (Å²) in [7, 11) is 0. The van der Waals surface area contributed by atoms with Crippen molar-refractivity contribution >= 4 is 28.4 Å². The van der Waals surface area contributed by atoms with E-state index < -0.39 is 0 Å². The molecule has 0 atom stereocenters. The summed E-state index contributed by atoms with van der Waals surface area (Å²) in [5.74, 6) is 0.606. The second-order valence-corrected chi connectivity index (χ2v) is 9.18. The molecule has 0 aliphatic carbocycles. The van der Waals surface area contributed by atoms with Crippen LogP contribution in [-0.2, 0) is 6.54 Å². The van der Waals surface area contributed by atoms with Gasteiger partial charge in [0.2, 0.25) is 0 Å². The van der Waals surface area contributed by atoms with Crippen LogP contribution in [0.15, 0.2) is 91.8 Å². The number of pyridine rings is 1. The third-order valence-electron chi connectivity index (χ3n) is 6.63. The molecule has 1 fully saturated rings. The zero-order valence-electron chi connectivity index (χ0n) is 20.7. The molecular formula is C29H26N8O. The molecule has 2 aromatic carbocycles. The summed E-state index contributed by atoms with van der Waals surface area (Å²) in [6.07, 6.45) is 10.1. The Morgan fingerprint density at radius 2 is 1.61 bits per heavy atom. The Labute approximate surface area is 220 Å². The molecule has 9 heteroatoms. The van der Waals surface area contributed by atoms with Gasteiger partial charge in [0.15, 0.2) is 0 Å². The van der Waals surface area contributed by atoms with Gasteiger partial charge in [0.1, 0.15) is 11.5 Å². The number of nitrogens with zero attached hydrogens (tertiary/aromatic N) is 7. The first-order valence-electron chi connectivity index (χ1n) is 12.5. The fourth-order valence-electron chi connectivity index (χ4n) is 4.58. The molecule has 0 spiro atoms. The number of piperazine rings is 1. The monoisotopic (exact) mass is 502 g/mol. The predicted molar refractivity (Wildman–Crippen MR) is 147 cm³/mol. The van der Waals surface area contributed by atoms with Crippen LogP contribution in [0.25, 0.3) is 22.2 Å². The third kappa shape index (κ3) is 5.33. The molecule has 188 valence electrons. The first-order chi connectivity index (χ1) is 18.7. The highest BCUT2D eigenvalue weighted by atomic mass is 16.1. The number of amides is 1. The van der Waals surface area contributed by atoms with E-state index in [0.29, 0.717) is 5.69 Å². The maximum atomic E-state index is 12.3. The molecule has 0 unspecified atom stereocenters. The zero-order valence-corrected chi connectivity index (χ0v) is 20.7. The van der Waals surface area contributed by atoms with Crippen molar-refractivity contribution in [3.63, 3.8) is 0 Å². The van der Waals surface area contributed by atoms with Gasteiger partial charge in [-0.3, -0.25) is 24.6 Å². The van der Waals surface area contributed by atoms with Gasteiger partial charge >= 0.3 is 0 Å². The average Bonchev–Trinajstić information content (AvgIpc) is 2.98. The van der Waals surface area contributed by atoms with Gasteiger partial charge in [-0.25, -0.2) is 9.97 Å². The van der Waals surface area contributed by atoms with Gasteiger partial charge in [0.25, 0.3) is 5.91 Å². The lowest BCUT2D eigenvalue weighted by molar-refractivity contribution is 0.102. The van der Waals surface area contributed by atoms with E-state index in [1.165, 1.54) is 24.2 Å². The minimum atomic E-state index is -0.294. The molecular weight excluding hydrogens is 476 g/mol. The number of anilines is 2. The number of nitrogens with one attached hydrogen (secondary N) is 1. The summed E-state index contributed by atoms with van der Waals surface area (Å²) in [5.41, 5.74) is 5.99. The van der Waals surface area contributed by atoms with Gasteiger partial charge in [-0.2, -0.15) is 0 Å². The Bertz CT molecular complexity index is 1540. The van der Waals surface area contributed by atoms with Crippen LogP contribution in [0.3, 0.4) is 0 Å². The van der Waals surface area contributed by atoms with Crippen LogP contribution in [0, 0.1) is 0 Å². The van der Waals surface area contributed by atoms with Crippen molar-refractivity contribution in [1.29, 1.82) is 0 Å². The van der Waals surface area contributed by atoms with Crippen LogP contribution >= 0.6 is 0 Å². The predicted octanol–water partition coefficient (Wildman–Crippen LogP) is 4.06. The van der Waals surface area contributed by atoms with Crippen LogP contribution in [-0.4, -0.2) is 61.9 Å². The van der Waals surface area contributed by atoms with E-state index in [0.717, 1.165) is 60.7 Å². The van der Waals surface area contributed by atoms with Crippen LogP contribution in [0.2, 0.25) is 0 Å². The van der Waals surface area contributed by atoms with E-state index in [2.05, 4.69) is 47.2 Å². The van der Waals surface area contributed by atoms with Crippen molar-refractivity contribution in [3.05, 3.63) is 103 Å². The minimum Gasteiger partial charge on any atom is -0.353 e. The largest absolute Gasteiger partial charge is 0.353 e. The number of hydrogen-bond acceptors (Lipinski definition) is 8. The van der Waals surface area contributed by atoms with Gasteiger partial charge in [-0.05, 0) is 47.0 Å². The van der Waals surface area contributed by atoms with Gasteiger partial charge in [-0.1, -0.05) is 24.3 Å². The van der Waals surface area contributed by atoms with Crippen LogP contribution < -0.4 is 10.2 Å². The standard InChI is InChI=1S/C29H26N8O/c38-29(27-18-31-10-11-32-27)34-24-6-3-22(4-7-24)23-5-8-25-26(16-23)35-28(19-33-25)37-14-12-36(13-15-37)20-21-2-1-9-30-17-21/h1-11,16-19H,12-15,20H2,(H,34,38). The van der Waals surface area contributed by atoms with E-state index >= 15 is 0 Å². The van der Waals surface area contributed by atoms with Crippen molar-refractivity contribution in [2.45, 2.75) is 6.54 Å². The number of carbonyl (C=O) groups excluding carboxylic acids is 1. The van der Waals surface area contributed by atoms with Crippen molar-refractivity contribution in [3.8, 4) is 11.1 Å². The maximum Gasteiger partial charge on any atom is 0.275 e. The Morgan fingerprint density at radius 1 is 0.789 bits per heavy atom. The number of hydrogen-bond donors (Lipinski definition) is 1. The molecule has 1 aliphatic heterocycles. The van der Waals surface area contributed by atoms with Crippen molar-refractivity contribution in [2.75, 3.05) is 36.4 Å². The van der Waals surface area contributed by atoms with E-state index in [1.807, 2.05) is 61.1 Å². The van der Waals surface area contributed by atoms with E-state index in [9.17, 15) is 4.79 Å². The molecule has 3 aromatic heterocycles. The molecule has 1 aliphatic rings. The van der Waals surface area contributed by atoms with E-state index in [-0.39, 0.29) is 11.6 Å². The van der Waals surface area contributed by atoms with Crippen molar-refractivity contribution in [2.24, 2.45) is 0 Å². The third-order valence-corrected chi connectivity index (χ3v) is 6.63. The molecule has 1 N–H and O–H groups in total. The first-order valence-corrected chi connectivity index (χ1v) is 12.5. The number of benzene rings is 2. The topological polar surface area (TPSA) is 100 Å². The number of fused-ring (bicyclic) bond motifs is 1. The lowest BCUT2D eigenvalue weighted by Crippen LogP contribution is -2.46. The Balaban J connectivity index is 1.13. The van der Waals surface area contributed by atoms with Gasteiger partial charge in [0, 0.05) is 63.2 Å². The second kappa shape index (κ2) is 10.7. The smallest absolute Gasteiger partial charge is 0.275 e. The minimum absolute atomic E-state index is 0.274. The lowest BCUT2D eigenvalue weighted by atomic mass is 10.0. The summed E-state index contributed by atoms with van der Waals surface area (Å²) in [6, 6.07) is 17.9. The van der Waals surface area contributed by atoms with E-state index in [1.54, 1.807) is 0 Å². The summed E-state index contributed by atoms with van der Waals surface area (Å²) in [4.78, 5) is 38.9. The molecule has 5 aromatic rings. The molecule has 0 bridgehead atoms. The SMILES string of the molecule is O=C(Nc1ccc(-c2ccc3ncc(N4CCN(Cc5cccnc5)CC4)nc3c2)cc1)c1cnccn1. The van der Waals surface area contributed by atoms with Crippen molar-refractivity contribution < 1.29 is 4.79 Å². The van der Waals surface area contributed by atoms with E-state index in [4.69, 9.17) is 4.98 Å². The highest BCUT2D eigenvalue weighted by molar-refractivity contribution is 6.02. The summed E-state index contributed by atoms with van der Waals surface area (Å²) < 4.78 is 0. The molecule has 1 amide bonds. The molecule has 0 saturated carbocycles. The quantitative estimate of drug-likeness (QED) is 0.371. The Morgan fingerprint density at radius 3 is 2.37 bits per heavy atom. The molecule has 38 heavy (non-hydrogen) atoms. The van der Waals surface area contributed by atoms with Crippen LogP contribution in [0.5, 0.6) is 0 Å². The fourth-order valence-corrected chi connectivity index (χ4v) is 4.58. The lowest BCUT2D eigenvalue weighted by Gasteiger charge is -2.35. The van der Waals surface area contributed by atoms with Gasteiger partial charge in [0.05, 0.1) is 23.4 Å². The van der Waals surface area contributed by atoms with Gasteiger partial charge in [-0.15, -0.1) is 0 Å². The highest BCUT2D eigenvalue weighted by Crippen LogP contribution is 2.26. The summed E-state index contributed by atoms with van der Waals surface area (Å²) in [6.45, 7) is 4.66. The summed E-state index contributed by atoms with van der Waals surface area (Å²) >= 11 is 0. The Hall–Kier alpha value is -4.76. The van der Waals surface area contributed by atoms with Crippen molar-refractivity contribution in [1.82, 2.24) is 29.8 Å². The average molecular weight is 503 g/mol. The first kappa shape index (κ1) is 23.6. The molecule has 0 radical (unpaired) electrons. The number of carbonyl (C=O) groups is 1. The normalized spacial score (nSPS) is 13.9. The fraction of sp³-hybridized carbons (Fsp3) is 0.172. The molecule has 1 saturated heterocycles. The van der Waals surface area contributed by atoms with Gasteiger partial charge < -0.3 is 10.2 Å². The van der Waals surface area contributed by atoms with Crippen LogP contribution in [0.4, 0.5) is 11.5 Å². The van der Waals surface area contributed by atoms with Crippen LogP contribution in [0.1, 0.15) is 16.1 Å². The maximum absolute atomic E-state index is 12.3. The Kier molecular flexibility index (Phi) is 6.65. The molecule has 4 heterocycles. The number of rotatable bonds is 6. The zero-order chi connectivity index (χ0) is 25.7.